The van der Waals surface area contributed by atoms with Crippen LogP contribution in [0, 0.1) is 0 Å². The lowest BCUT2D eigenvalue weighted by Crippen LogP contribution is -2.21. The summed E-state index contributed by atoms with van der Waals surface area (Å²) in [6, 6.07) is 0. The minimum absolute atomic E-state index is 0.0549. The summed E-state index contributed by atoms with van der Waals surface area (Å²) < 4.78 is 4.48. The summed E-state index contributed by atoms with van der Waals surface area (Å²) in [5.74, 6) is -0.560. The molecule has 0 unspecified atom stereocenters. The molecule has 1 rings (SSSR count). The number of aliphatic hydroxyl groups excluding tert-OH is 1. The van der Waals surface area contributed by atoms with Gasteiger partial charge in [-0.3, -0.25) is 14.6 Å². The second-order valence-corrected chi connectivity index (χ2v) is 3.84. The zero-order chi connectivity index (χ0) is 12.8. The predicted octanol–water partition coefficient (Wildman–Crippen LogP) is 1.58. The Balaban J connectivity index is 2.83. The number of Topliss-reactive ketones (excluding diaryl/α,β-unsaturated/α-hetero) is 1. The lowest BCUT2D eigenvalue weighted by molar-refractivity contribution is -0.140. The van der Waals surface area contributed by atoms with Crippen LogP contribution >= 0.6 is 0 Å². The van der Waals surface area contributed by atoms with Crippen molar-refractivity contribution in [3.63, 3.8) is 0 Å². The maximum absolute atomic E-state index is 11.7. The van der Waals surface area contributed by atoms with Gasteiger partial charge >= 0.3 is 5.97 Å². The highest BCUT2D eigenvalue weighted by molar-refractivity contribution is 6.24. The minimum atomic E-state index is -0.407. The molecule has 0 aliphatic heterocycles. The molecule has 1 N–H and O–H groups in total. The number of aliphatic hydroxyl groups is 1. The number of rotatable bonds is 3. The molecule has 0 amide bonds. The normalized spacial score (nSPS) is 21.5. The zero-order valence-corrected chi connectivity index (χ0v) is 10.2. The molecule has 0 bridgehead atoms. The number of aliphatic imine (C=N–C) groups is 1. The molecule has 0 spiro atoms. The largest absolute Gasteiger partial charge is 0.511 e. The Morgan fingerprint density at radius 3 is 2.71 bits per heavy atom. The van der Waals surface area contributed by atoms with E-state index in [1.54, 1.807) is 7.05 Å². The molecule has 1 saturated carbocycles. The Bertz CT molecular complexity index is 382. The molecule has 0 saturated heterocycles. The van der Waals surface area contributed by atoms with Crippen LogP contribution in [0.1, 0.15) is 32.1 Å². The van der Waals surface area contributed by atoms with E-state index in [1.807, 2.05) is 0 Å². The van der Waals surface area contributed by atoms with Crippen molar-refractivity contribution in [1.82, 2.24) is 0 Å². The molecule has 0 aromatic rings. The van der Waals surface area contributed by atoms with Crippen molar-refractivity contribution in [3.05, 3.63) is 11.3 Å². The number of hydrogen-bond acceptors (Lipinski definition) is 5. The van der Waals surface area contributed by atoms with Crippen molar-refractivity contribution >= 4 is 17.5 Å². The van der Waals surface area contributed by atoms with Gasteiger partial charge in [-0.05, 0) is 12.8 Å². The topological polar surface area (TPSA) is 76.0 Å². The number of methoxy groups -OCH3 is 1. The van der Waals surface area contributed by atoms with E-state index in [4.69, 9.17) is 0 Å². The number of carbonyl (C=O) groups is 2. The third-order valence-electron chi connectivity index (χ3n) is 2.74. The van der Waals surface area contributed by atoms with Gasteiger partial charge in [0.05, 0.1) is 19.1 Å². The Morgan fingerprint density at radius 2 is 2.12 bits per heavy atom. The fourth-order valence-corrected chi connectivity index (χ4v) is 1.83. The molecular weight excluding hydrogens is 222 g/mol. The Hall–Kier alpha value is -1.65. The van der Waals surface area contributed by atoms with Gasteiger partial charge in [-0.1, -0.05) is 0 Å². The maximum Gasteiger partial charge on any atom is 0.305 e. The van der Waals surface area contributed by atoms with Gasteiger partial charge in [0.15, 0.2) is 5.78 Å². The Labute approximate surface area is 100 Å². The van der Waals surface area contributed by atoms with E-state index in [2.05, 4.69) is 9.73 Å². The van der Waals surface area contributed by atoms with Crippen LogP contribution in [-0.4, -0.2) is 36.7 Å². The standard InChI is InChI=1S/C12H17NO4/c1-13-8-4-3-5-9(14)12(8)10(15)6-7-11(16)17-2/h15H,3-7H2,1-2H3. The summed E-state index contributed by atoms with van der Waals surface area (Å²) in [5.41, 5.74) is 0.922. The summed E-state index contributed by atoms with van der Waals surface area (Å²) in [6.07, 6.45) is 2.07. The summed E-state index contributed by atoms with van der Waals surface area (Å²) in [7, 11) is 2.89. The van der Waals surface area contributed by atoms with E-state index >= 15 is 0 Å². The molecule has 17 heavy (non-hydrogen) atoms. The molecule has 0 radical (unpaired) electrons. The SMILES string of the molecule is CN=C1CCCC(=O)C1=C(O)CCC(=O)OC. The molecule has 5 nitrogen and oxygen atoms in total. The summed E-state index contributed by atoms with van der Waals surface area (Å²) in [4.78, 5) is 26.7. The number of hydrogen-bond donors (Lipinski definition) is 1. The molecule has 1 aliphatic rings. The van der Waals surface area contributed by atoms with Crippen LogP contribution in [0.25, 0.3) is 0 Å². The van der Waals surface area contributed by atoms with E-state index in [1.165, 1.54) is 7.11 Å². The second-order valence-electron chi connectivity index (χ2n) is 3.84. The number of carbonyl (C=O) groups excluding carboxylic acids is 2. The lowest BCUT2D eigenvalue weighted by atomic mass is 9.89. The number of ether oxygens (including phenoxy) is 1. The minimum Gasteiger partial charge on any atom is -0.511 e. The van der Waals surface area contributed by atoms with Crippen molar-refractivity contribution < 1.29 is 19.4 Å². The lowest BCUT2D eigenvalue weighted by Gasteiger charge is -2.17. The summed E-state index contributed by atoms with van der Waals surface area (Å²) >= 11 is 0. The predicted molar refractivity (Wildman–Crippen MR) is 63.1 cm³/mol. The highest BCUT2D eigenvalue weighted by Gasteiger charge is 2.24. The van der Waals surface area contributed by atoms with Crippen molar-refractivity contribution in [2.75, 3.05) is 14.2 Å². The van der Waals surface area contributed by atoms with Gasteiger partial charge in [0.2, 0.25) is 0 Å². The second kappa shape index (κ2) is 6.18. The van der Waals surface area contributed by atoms with E-state index < -0.39 is 5.97 Å². The highest BCUT2D eigenvalue weighted by Crippen LogP contribution is 2.22. The molecule has 0 atom stereocenters. The quantitative estimate of drug-likeness (QED) is 0.461. The van der Waals surface area contributed by atoms with E-state index in [9.17, 15) is 14.7 Å². The van der Waals surface area contributed by atoms with Gasteiger partial charge in [-0.25, -0.2) is 0 Å². The molecule has 0 aromatic heterocycles. The maximum atomic E-state index is 11.7. The van der Waals surface area contributed by atoms with Crippen molar-refractivity contribution in [3.8, 4) is 0 Å². The number of ketones is 1. The molecule has 0 heterocycles. The fourth-order valence-electron chi connectivity index (χ4n) is 1.83. The van der Waals surface area contributed by atoms with Gasteiger partial charge in [0, 0.05) is 25.6 Å². The average molecular weight is 239 g/mol. The van der Waals surface area contributed by atoms with E-state index in [0.29, 0.717) is 24.1 Å². The van der Waals surface area contributed by atoms with Gasteiger partial charge in [-0.2, -0.15) is 0 Å². The Morgan fingerprint density at radius 1 is 1.41 bits per heavy atom. The molecule has 1 fully saturated rings. The summed E-state index contributed by atoms with van der Waals surface area (Å²) in [5, 5.41) is 9.86. The summed E-state index contributed by atoms with van der Waals surface area (Å²) in [6.45, 7) is 0. The van der Waals surface area contributed by atoms with Crippen LogP contribution < -0.4 is 0 Å². The first kappa shape index (κ1) is 13.4. The molecule has 94 valence electrons. The first-order valence-electron chi connectivity index (χ1n) is 5.58. The van der Waals surface area contributed by atoms with Crippen LogP contribution in [0.4, 0.5) is 0 Å². The van der Waals surface area contributed by atoms with Crippen LogP contribution in [0.3, 0.4) is 0 Å². The molecule has 0 aromatic carbocycles. The number of allylic oxidation sites excluding steroid dienone is 2. The van der Waals surface area contributed by atoms with Crippen molar-refractivity contribution in [2.24, 2.45) is 4.99 Å². The van der Waals surface area contributed by atoms with Gasteiger partial charge in [0.25, 0.3) is 0 Å². The van der Waals surface area contributed by atoms with E-state index in [0.717, 1.165) is 6.42 Å². The number of esters is 1. The molecule has 5 heteroatoms. The third kappa shape index (κ3) is 3.41. The van der Waals surface area contributed by atoms with Crippen LogP contribution in [0.5, 0.6) is 0 Å². The third-order valence-corrected chi connectivity index (χ3v) is 2.74. The van der Waals surface area contributed by atoms with Crippen molar-refractivity contribution in [1.29, 1.82) is 0 Å². The van der Waals surface area contributed by atoms with Crippen LogP contribution in [-0.2, 0) is 14.3 Å². The number of nitrogens with zero attached hydrogens (tertiary/aromatic N) is 1. The first-order valence-corrected chi connectivity index (χ1v) is 5.58. The van der Waals surface area contributed by atoms with Gasteiger partial charge in [-0.15, -0.1) is 0 Å². The van der Waals surface area contributed by atoms with Gasteiger partial charge < -0.3 is 9.84 Å². The fraction of sp³-hybridized carbons (Fsp3) is 0.583. The molecular formula is C12H17NO4. The average Bonchev–Trinajstić information content (AvgIpc) is 2.34. The van der Waals surface area contributed by atoms with Crippen LogP contribution in [0.2, 0.25) is 0 Å². The highest BCUT2D eigenvalue weighted by atomic mass is 16.5. The smallest absolute Gasteiger partial charge is 0.305 e. The zero-order valence-electron chi connectivity index (χ0n) is 10.2. The van der Waals surface area contributed by atoms with E-state index in [-0.39, 0.29) is 24.4 Å². The molecule has 1 aliphatic carbocycles. The van der Waals surface area contributed by atoms with Crippen molar-refractivity contribution in [2.45, 2.75) is 32.1 Å². The monoisotopic (exact) mass is 239 g/mol. The Kier molecular flexibility index (Phi) is 4.87. The van der Waals surface area contributed by atoms with Crippen LogP contribution in [0.15, 0.2) is 16.3 Å². The van der Waals surface area contributed by atoms with Gasteiger partial charge in [0.1, 0.15) is 5.76 Å². The first-order chi connectivity index (χ1) is 8.10.